The Morgan fingerprint density at radius 1 is 1.03 bits per heavy atom. The molecule has 0 unspecified atom stereocenters. The number of para-hydroxylation sites is 1. The van der Waals surface area contributed by atoms with E-state index in [9.17, 15) is 19.2 Å². The monoisotopic (exact) mass is 415 g/mol. The molecule has 0 aliphatic heterocycles. The van der Waals surface area contributed by atoms with Gasteiger partial charge in [-0.15, -0.1) is 6.58 Å². The fourth-order valence-electron chi connectivity index (χ4n) is 2.15. The Kier molecular flexibility index (Phi) is 7.93. The van der Waals surface area contributed by atoms with Gasteiger partial charge in [0.2, 0.25) is 0 Å². The lowest BCUT2D eigenvalue weighted by atomic mass is 10.1. The summed E-state index contributed by atoms with van der Waals surface area (Å²) >= 11 is 5.81. The van der Waals surface area contributed by atoms with Gasteiger partial charge in [-0.25, -0.2) is 9.59 Å². The Bertz CT molecular complexity index is 928. The second-order valence-electron chi connectivity index (χ2n) is 5.63. The van der Waals surface area contributed by atoms with Crippen molar-refractivity contribution in [3.63, 3.8) is 0 Å². The SMILES string of the molecule is C=CCNC(=O)NC(=O)COC(=O)c1ccccc1NC(=O)c1ccc(Cl)cc1. The molecule has 8 nitrogen and oxygen atoms in total. The summed E-state index contributed by atoms with van der Waals surface area (Å²) < 4.78 is 4.92. The van der Waals surface area contributed by atoms with Crippen molar-refractivity contribution >= 4 is 41.1 Å². The minimum Gasteiger partial charge on any atom is -0.452 e. The van der Waals surface area contributed by atoms with Crippen LogP contribution in [0.4, 0.5) is 10.5 Å². The number of anilines is 1. The summed E-state index contributed by atoms with van der Waals surface area (Å²) in [5.41, 5.74) is 0.614. The van der Waals surface area contributed by atoms with E-state index in [2.05, 4.69) is 17.2 Å². The predicted octanol–water partition coefficient (Wildman–Crippen LogP) is 2.76. The molecular formula is C20H18ClN3O5. The number of halogens is 1. The fourth-order valence-corrected chi connectivity index (χ4v) is 2.27. The van der Waals surface area contributed by atoms with E-state index >= 15 is 0 Å². The number of ether oxygens (including phenoxy) is 1. The van der Waals surface area contributed by atoms with E-state index in [4.69, 9.17) is 16.3 Å². The van der Waals surface area contributed by atoms with E-state index in [1.54, 1.807) is 36.4 Å². The highest BCUT2D eigenvalue weighted by atomic mass is 35.5. The highest BCUT2D eigenvalue weighted by Gasteiger charge is 2.17. The van der Waals surface area contributed by atoms with Gasteiger partial charge in [-0.3, -0.25) is 14.9 Å². The van der Waals surface area contributed by atoms with Crippen molar-refractivity contribution in [3.05, 3.63) is 77.3 Å². The standard InChI is InChI=1S/C20H18ClN3O5/c1-2-11-22-20(28)24-17(25)12-29-19(27)15-5-3-4-6-16(15)23-18(26)13-7-9-14(21)10-8-13/h2-10H,1,11-12H2,(H,23,26)(H2,22,24,25,28). The second-order valence-corrected chi connectivity index (χ2v) is 6.07. The first-order valence-electron chi connectivity index (χ1n) is 8.42. The van der Waals surface area contributed by atoms with Gasteiger partial charge in [0, 0.05) is 17.1 Å². The number of hydrogen-bond donors (Lipinski definition) is 3. The maximum absolute atomic E-state index is 12.4. The van der Waals surface area contributed by atoms with Crippen LogP contribution in [0.25, 0.3) is 0 Å². The fraction of sp³-hybridized carbons (Fsp3) is 0.100. The zero-order chi connectivity index (χ0) is 21.2. The van der Waals surface area contributed by atoms with Crippen LogP contribution in [-0.2, 0) is 9.53 Å². The number of carbonyl (C=O) groups excluding carboxylic acids is 4. The predicted molar refractivity (Wildman–Crippen MR) is 108 cm³/mol. The lowest BCUT2D eigenvalue weighted by Crippen LogP contribution is -2.41. The van der Waals surface area contributed by atoms with Gasteiger partial charge >= 0.3 is 12.0 Å². The van der Waals surface area contributed by atoms with Crippen LogP contribution in [0.2, 0.25) is 5.02 Å². The number of hydrogen-bond acceptors (Lipinski definition) is 5. The molecule has 0 aliphatic rings. The van der Waals surface area contributed by atoms with Crippen molar-refractivity contribution < 1.29 is 23.9 Å². The normalized spacial score (nSPS) is 9.83. The number of imide groups is 1. The van der Waals surface area contributed by atoms with Gasteiger partial charge in [0.15, 0.2) is 6.61 Å². The lowest BCUT2D eigenvalue weighted by molar-refractivity contribution is -0.123. The third-order valence-corrected chi connectivity index (χ3v) is 3.75. The minimum absolute atomic E-state index is 0.0544. The van der Waals surface area contributed by atoms with Crippen molar-refractivity contribution in [1.82, 2.24) is 10.6 Å². The molecule has 4 amide bonds. The van der Waals surface area contributed by atoms with Crippen LogP contribution in [0.15, 0.2) is 61.2 Å². The Morgan fingerprint density at radius 3 is 2.41 bits per heavy atom. The molecule has 150 valence electrons. The number of carbonyl (C=O) groups is 4. The maximum atomic E-state index is 12.4. The second kappa shape index (κ2) is 10.6. The molecule has 2 rings (SSSR count). The van der Waals surface area contributed by atoms with Crippen LogP contribution >= 0.6 is 11.6 Å². The van der Waals surface area contributed by atoms with Gasteiger partial charge in [0.05, 0.1) is 11.3 Å². The summed E-state index contributed by atoms with van der Waals surface area (Å²) in [5, 5.41) is 7.45. The van der Waals surface area contributed by atoms with Crippen LogP contribution in [0.5, 0.6) is 0 Å². The molecule has 0 saturated carbocycles. The molecule has 29 heavy (non-hydrogen) atoms. The molecule has 9 heteroatoms. The zero-order valence-corrected chi connectivity index (χ0v) is 16.0. The Hall–Kier alpha value is -3.65. The third kappa shape index (κ3) is 6.78. The molecule has 0 bridgehead atoms. The largest absolute Gasteiger partial charge is 0.452 e. The Labute approximate surface area is 171 Å². The van der Waals surface area contributed by atoms with Crippen LogP contribution in [0.1, 0.15) is 20.7 Å². The van der Waals surface area contributed by atoms with E-state index in [1.807, 2.05) is 5.32 Å². The highest BCUT2D eigenvalue weighted by Crippen LogP contribution is 2.18. The summed E-state index contributed by atoms with van der Waals surface area (Å²) in [6.07, 6.45) is 1.44. The summed E-state index contributed by atoms with van der Waals surface area (Å²) in [4.78, 5) is 47.7. The van der Waals surface area contributed by atoms with E-state index in [0.29, 0.717) is 10.6 Å². The summed E-state index contributed by atoms with van der Waals surface area (Å²) in [6.45, 7) is 2.94. The van der Waals surface area contributed by atoms with Gasteiger partial charge in [0.25, 0.3) is 11.8 Å². The molecule has 0 aromatic heterocycles. The molecule has 0 radical (unpaired) electrons. The van der Waals surface area contributed by atoms with Crippen LogP contribution in [-0.4, -0.2) is 37.0 Å². The molecule has 0 atom stereocenters. The van der Waals surface area contributed by atoms with Crippen molar-refractivity contribution in [3.8, 4) is 0 Å². The molecule has 2 aromatic rings. The lowest BCUT2D eigenvalue weighted by Gasteiger charge is -2.11. The van der Waals surface area contributed by atoms with Crippen molar-refractivity contribution in [2.75, 3.05) is 18.5 Å². The van der Waals surface area contributed by atoms with E-state index in [-0.39, 0.29) is 17.8 Å². The van der Waals surface area contributed by atoms with E-state index < -0.39 is 30.4 Å². The molecule has 0 aliphatic carbocycles. The van der Waals surface area contributed by atoms with Gasteiger partial charge < -0.3 is 15.4 Å². The Morgan fingerprint density at radius 2 is 1.72 bits per heavy atom. The van der Waals surface area contributed by atoms with Gasteiger partial charge in [-0.05, 0) is 36.4 Å². The first-order valence-corrected chi connectivity index (χ1v) is 8.80. The molecule has 3 N–H and O–H groups in total. The van der Waals surface area contributed by atoms with E-state index in [1.165, 1.54) is 18.2 Å². The summed E-state index contributed by atoms with van der Waals surface area (Å²) in [7, 11) is 0. The topological polar surface area (TPSA) is 114 Å². The number of nitrogens with one attached hydrogen (secondary N) is 3. The quantitative estimate of drug-likeness (QED) is 0.475. The average molecular weight is 416 g/mol. The Balaban J connectivity index is 1.98. The summed E-state index contributed by atoms with van der Waals surface area (Å²) in [6, 6.07) is 11.7. The van der Waals surface area contributed by atoms with Crippen LogP contribution < -0.4 is 16.0 Å². The molecule has 0 heterocycles. The number of amides is 4. The van der Waals surface area contributed by atoms with Gasteiger partial charge in [0.1, 0.15) is 0 Å². The molecule has 0 fully saturated rings. The van der Waals surface area contributed by atoms with Crippen molar-refractivity contribution in [2.24, 2.45) is 0 Å². The van der Waals surface area contributed by atoms with Crippen LogP contribution in [0.3, 0.4) is 0 Å². The number of benzene rings is 2. The third-order valence-electron chi connectivity index (χ3n) is 3.50. The minimum atomic E-state index is -0.835. The molecule has 0 spiro atoms. The number of rotatable bonds is 7. The van der Waals surface area contributed by atoms with Gasteiger partial charge in [-0.1, -0.05) is 29.8 Å². The average Bonchev–Trinajstić information content (AvgIpc) is 2.71. The molecular weight excluding hydrogens is 398 g/mol. The summed E-state index contributed by atoms with van der Waals surface area (Å²) in [5.74, 6) is -2.08. The molecule has 0 saturated heterocycles. The number of urea groups is 1. The highest BCUT2D eigenvalue weighted by molar-refractivity contribution is 6.30. The van der Waals surface area contributed by atoms with Crippen LogP contribution in [0, 0.1) is 0 Å². The first kappa shape index (κ1) is 21.6. The first-order chi connectivity index (χ1) is 13.9. The number of esters is 1. The van der Waals surface area contributed by atoms with Gasteiger partial charge in [-0.2, -0.15) is 0 Å². The van der Waals surface area contributed by atoms with Crippen molar-refractivity contribution in [2.45, 2.75) is 0 Å². The molecule has 2 aromatic carbocycles. The van der Waals surface area contributed by atoms with E-state index in [0.717, 1.165) is 0 Å². The van der Waals surface area contributed by atoms with Crippen molar-refractivity contribution in [1.29, 1.82) is 0 Å². The maximum Gasteiger partial charge on any atom is 0.340 e. The zero-order valence-electron chi connectivity index (χ0n) is 15.2. The smallest absolute Gasteiger partial charge is 0.340 e.